The van der Waals surface area contributed by atoms with Crippen LogP contribution in [0.1, 0.15) is 51.2 Å². The zero-order valence-electron chi connectivity index (χ0n) is 21.9. The molecule has 38 heavy (non-hydrogen) atoms. The fraction of sp³-hybridized carbons (Fsp3) is 0.500. The highest BCUT2D eigenvalue weighted by Crippen LogP contribution is 2.44. The molecule has 10 heteroatoms. The first-order chi connectivity index (χ1) is 17.9. The second-order valence-corrected chi connectivity index (χ2v) is 11.6. The number of ether oxygens (including phenoxy) is 2. The van der Waals surface area contributed by atoms with Crippen molar-refractivity contribution in [3.8, 4) is 0 Å². The van der Waals surface area contributed by atoms with Gasteiger partial charge in [-0.15, -0.1) is 0 Å². The lowest BCUT2D eigenvalue weighted by molar-refractivity contribution is -0.160. The summed E-state index contributed by atoms with van der Waals surface area (Å²) in [5, 5.41) is 0.749. The zero-order valence-corrected chi connectivity index (χ0v) is 23.4. The lowest BCUT2D eigenvalue weighted by atomic mass is 9.74. The molecule has 206 valence electrons. The van der Waals surface area contributed by atoms with E-state index in [9.17, 15) is 18.4 Å². The van der Waals surface area contributed by atoms with Crippen molar-refractivity contribution < 1.29 is 27.8 Å². The summed E-state index contributed by atoms with van der Waals surface area (Å²) in [5.74, 6) is -3.23. The second-order valence-electron chi connectivity index (χ2n) is 10.9. The van der Waals surface area contributed by atoms with Gasteiger partial charge in [-0.05, 0) is 69.4 Å². The van der Waals surface area contributed by atoms with Gasteiger partial charge in [0, 0.05) is 32.8 Å². The second kappa shape index (κ2) is 11.0. The van der Waals surface area contributed by atoms with Gasteiger partial charge in [0.25, 0.3) is 0 Å². The van der Waals surface area contributed by atoms with Gasteiger partial charge in [0.05, 0.1) is 16.0 Å². The molecule has 0 N–H and O–H groups in total. The smallest absolute Gasteiger partial charge is 0.410 e. The molecule has 2 fully saturated rings. The molecule has 0 aromatic heterocycles. The predicted octanol–water partition coefficient (Wildman–Crippen LogP) is 6.56. The maximum absolute atomic E-state index is 14.4. The van der Waals surface area contributed by atoms with Crippen LogP contribution in [0.25, 0.3) is 0 Å². The Labute approximate surface area is 231 Å². The Morgan fingerprint density at radius 3 is 2.45 bits per heavy atom. The van der Waals surface area contributed by atoms with E-state index in [1.807, 2.05) is 6.07 Å². The maximum atomic E-state index is 14.4. The highest BCUT2D eigenvalue weighted by molar-refractivity contribution is 6.42. The van der Waals surface area contributed by atoms with Crippen molar-refractivity contribution in [3.05, 3.63) is 69.2 Å². The third-order valence-corrected chi connectivity index (χ3v) is 7.94. The largest absolute Gasteiger partial charge is 0.444 e. The van der Waals surface area contributed by atoms with Crippen LogP contribution < -0.4 is 0 Å². The van der Waals surface area contributed by atoms with Gasteiger partial charge in [0.1, 0.15) is 11.2 Å². The number of likely N-dealkylation sites (tertiary alicyclic amines) is 1. The monoisotopic (exact) mass is 568 g/mol. The molecule has 2 aromatic rings. The highest BCUT2D eigenvalue weighted by Gasteiger charge is 2.52. The van der Waals surface area contributed by atoms with Crippen molar-refractivity contribution in [2.45, 2.75) is 63.8 Å². The van der Waals surface area contributed by atoms with Crippen LogP contribution in [0.15, 0.2) is 36.4 Å². The summed E-state index contributed by atoms with van der Waals surface area (Å²) in [6.45, 7) is 5.69. The van der Waals surface area contributed by atoms with Crippen LogP contribution >= 0.6 is 23.2 Å². The predicted molar refractivity (Wildman–Crippen MR) is 141 cm³/mol. The van der Waals surface area contributed by atoms with Gasteiger partial charge in [0.15, 0.2) is 11.6 Å². The van der Waals surface area contributed by atoms with E-state index in [1.165, 1.54) is 18.1 Å². The number of piperidine rings is 1. The zero-order chi connectivity index (χ0) is 27.8. The molecule has 2 amide bonds. The first kappa shape index (κ1) is 28.6. The molecule has 0 spiro atoms. The Morgan fingerprint density at radius 2 is 1.84 bits per heavy atom. The summed E-state index contributed by atoms with van der Waals surface area (Å²) in [7, 11) is 1.44. The summed E-state index contributed by atoms with van der Waals surface area (Å²) in [6.07, 6.45) is 1.26. The number of amides is 2. The molecule has 1 saturated heterocycles. The summed E-state index contributed by atoms with van der Waals surface area (Å²) >= 11 is 12.7. The SMILES string of the molecule is CO[C@]1(c2ccc(F)c(F)c2)CCN(C(=O)OC(C)(C)C)C[C@@H]1C(=O)N(Cc1cccc(Cl)c1Cl)C1CC1. The first-order valence-electron chi connectivity index (χ1n) is 12.6. The van der Waals surface area contributed by atoms with Crippen molar-refractivity contribution in [1.82, 2.24) is 9.80 Å². The number of methoxy groups -OCH3 is 1. The minimum absolute atomic E-state index is 0.0195. The quantitative estimate of drug-likeness (QED) is 0.396. The van der Waals surface area contributed by atoms with E-state index in [2.05, 4.69) is 0 Å². The van der Waals surface area contributed by atoms with Crippen LogP contribution in [0.2, 0.25) is 10.0 Å². The molecular formula is C28H32Cl2F2N2O4. The van der Waals surface area contributed by atoms with Gasteiger partial charge in [-0.25, -0.2) is 13.6 Å². The van der Waals surface area contributed by atoms with Crippen LogP contribution in [0.5, 0.6) is 0 Å². The number of nitrogens with zero attached hydrogens (tertiary/aromatic N) is 2. The minimum atomic E-state index is -1.30. The first-order valence-corrected chi connectivity index (χ1v) is 13.3. The Bertz CT molecular complexity index is 1220. The summed E-state index contributed by atoms with van der Waals surface area (Å²) < 4.78 is 39.8. The number of benzene rings is 2. The van der Waals surface area contributed by atoms with Gasteiger partial charge in [-0.2, -0.15) is 0 Å². The Morgan fingerprint density at radius 1 is 1.13 bits per heavy atom. The number of hydrogen-bond donors (Lipinski definition) is 0. The summed E-state index contributed by atoms with van der Waals surface area (Å²) in [6, 6.07) is 8.76. The molecule has 1 saturated carbocycles. The molecule has 1 aliphatic carbocycles. The fourth-order valence-electron chi connectivity index (χ4n) is 5.00. The Balaban J connectivity index is 1.74. The third-order valence-electron chi connectivity index (χ3n) is 7.08. The average Bonchev–Trinajstić information content (AvgIpc) is 3.70. The number of carbonyl (C=O) groups excluding carboxylic acids is 2. The molecule has 0 bridgehead atoms. The maximum Gasteiger partial charge on any atom is 0.410 e. The van der Waals surface area contributed by atoms with E-state index in [-0.39, 0.29) is 38.0 Å². The van der Waals surface area contributed by atoms with Crippen LogP contribution in [0, 0.1) is 17.6 Å². The van der Waals surface area contributed by atoms with Crippen molar-refractivity contribution in [2.24, 2.45) is 5.92 Å². The molecular weight excluding hydrogens is 537 g/mol. The van der Waals surface area contributed by atoms with Gasteiger partial charge >= 0.3 is 6.09 Å². The number of carbonyl (C=O) groups is 2. The molecule has 4 rings (SSSR count). The van der Waals surface area contributed by atoms with Crippen LogP contribution in [0.4, 0.5) is 13.6 Å². The molecule has 6 nitrogen and oxygen atoms in total. The molecule has 2 atom stereocenters. The lowest BCUT2D eigenvalue weighted by Crippen LogP contribution is -2.58. The number of hydrogen-bond acceptors (Lipinski definition) is 4. The number of rotatable bonds is 6. The molecule has 1 heterocycles. The molecule has 1 aliphatic heterocycles. The van der Waals surface area contributed by atoms with Crippen molar-refractivity contribution in [3.63, 3.8) is 0 Å². The standard InChI is InChI=1S/C28H32Cl2F2N2O4/c1-27(2,3)38-26(36)33-13-12-28(37-4,18-8-11-22(31)23(32)14-18)20(16-33)25(35)34(19-9-10-19)15-17-6-5-7-21(29)24(17)30/h5-8,11,14,19-20H,9-10,12-13,15-16H2,1-4H3/t20-,28+/m1/s1. The minimum Gasteiger partial charge on any atom is -0.444 e. The third kappa shape index (κ3) is 5.92. The van der Waals surface area contributed by atoms with Crippen molar-refractivity contribution >= 4 is 35.2 Å². The average molecular weight is 569 g/mol. The van der Waals surface area contributed by atoms with Crippen LogP contribution in [-0.4, -0.2) is 53.6 Å². The molecule has 0 unspecified atom stereocenters. The van der Waals surface area contributed by atoms with Gasteiger partial charge in [-0.1, -0.05) is 41.4 Å². The normalized spacial score (nSPS) is 21.8. The highest BCUT2D eigenvalue weighted by atomic mass is 35.5. The lowest BCUT2D eigenvalue weighted by Gasteiger charge is -2.47. The van der Waals surface area contributed by atoms with E-state index in [1.54, 1.807) is 37.8 Å². The molecule has 2 aliphatic rings. The van der Waals surface area contributed by atoms with Gasteiger partial charge in [-0.3, -0.25) is 4.79 Å². The molecule has 2 aromatic carbocycles. The fourth-order valence-corrected chi connectivity index (χ4v) is 5.38. The Hall–Kier alpha value is -2.42. The van der Waals surface area contributed by atoms with Crippen molar-refractivity contribution in [2.75, 3.05) is 20.2 Å². The van der Waals surface area contributed by atoms with E-state index < -0.39 is 34.8 Å². The summed E-state index contributed by atoms with van der Waals surface area (Å²) in [5.41, 5.74) is -1.00. The topological polar surface area (TPSA) is 59.1 Å². The van der Waals surface area contributed by atoms with Gasteiger partial charge < -0.3 is 19.3 Å². The summed E-state index contributed by atoms with van der Waals surface area (Å²) in [4.78, 5) is 30.6. The van der Waals surface area contributed by atoms with E-state index in [4.69, 9.17) is 32.7 Å². The van der Waals surface area contributed by atoms with Crippen LogP contribution in [-0.2, 0) is 26.4 Å². The van der Waals surface area contributed by atoms with E-state index >= 15 is 0 Å². The van der Waals surface area contributed by atoms with E-state index in [0.29, 0.717) is 21.2 Å². The van der Waals surface area contributed by atoms with Gasteiger partial charge in [0.2, 0.25) is 5.91 Å². The number of halogens is 4. The van der Waals surface area contributed by atoms with E-state index in [0.717, 1.165) is 25.0 Å². The van der Waals surface area contributed by atoms with Crippen LogP contribution in [0.3, 0.4) is 0 Å². The van der Waals surface area contributed by atoms with Crippen molar-refractivity contribution in [1.29, 1.82) is 0 Å². The molecule has 0 radical (unpaired) electrons. The Kier molecular flexibility index (Phi) is 8.26.